The lowest BCUT2D eigenvalue weighted by Gasteiger charge is -2.11. The molecular weight excluding hydrogens is 524 g/mol. The molecule has 12 heteroatoms. The Hall–Kier alpha value is -4.09. The molecule has 0 aliphatic heterocycles. The molecule has 0 aliphatic carbocycles. The number of ether oxygens (including phenoxy) is 3. The number of esters is 2. The topological polar surface area (TPSA) is 137 Å². The Morgan fingerprint density at radius 1 is 0.838 bits per heavy atom. The Kier molecular flexibility index (Phi) is 8.74. The lowest BCUT2D eigenvalue weighted by atomic mass is 10.1. The summed E-state index contributed by atoms with van der Waals surface area (Å²) in [5.41, 5.74) is 1.37. The van der Waals surface area contributed by atoms with Gasteiger partial charge in [-0.05, 0) is 67.1 Å². The molecule has 2 N–H and O–H groups in total. The molecule has 0 saturated carbocycles. The molecule has 10 nitrogen and oxygen atoms in total. The first-order valence-electron chi connectivity index (χ1n) is 10.7. The maximum atomic E-state index is 12.6. The zero-order valence-electron chi connectivity index (χ0n) is 20.0. The van der Waals surface area contributed by atoms with Crippen molar-refractivity contribution in [3.8, 4) is 5.75 Å². The summed E-state index contributed by atoms with van der Waals surface area (Å²) in [5.74, 6) is -1.75. The first kappa shape index (κ1) is 27.5. The number of nitrogens with one attached hydrogen (secondary N) is 2. The number of methoxy groups -OCH3 is 2. The number of sulfonamides is 1. The number of carbonyl (C=O) groups is 3. The Bertz CT molecular complexity index is 1410. The Morgan fingerprint density at radius 3 is 1.97 bits per heavy atom. The Balaban J connectivity index is 1.64. The predicted octanol–water partition coefficient (Wildman–Crippen LogP) is 4.04. The minimum atomic E-state index is -3.88. The van der Waals surface area contributed by atoms with Crippen molar-refractivity contribution in [3.05, 3.63) is 82.4 Å². The van der Waals surface area contributed by atoms with Gasteiger partial charge < -0.3 is 19.5 Å². The molecule has 0 radical (unpaired) electrons. The van der Waals surface area contributed by atoms with Crippen molar-refractivity contribution in [2.75, 3.05) is 30.9 Å². The molecule has 3 aromatic carbocycles. The number of hydrogen-bond donors (Lipinski definition) is 2. The van der Waals surface area contributed by atoms with E-state index in [4.69, 9.17) is 16.3 Å². The third-order valence-corrected chi connectivity index (χ3v) is 6.79. The summed E-state index contributed by atoms with van der Waals surface area (Å²) in [6.07, 6.45) is 0. The molecule has 0 atom stereocenters. The second-order valence-corrected chi connectivity index (χ2v) is 9.75. The highest BCUT2D eigenvalue weighted by Gasteiger charge is 2.17. The molecule has 0 heterocycles. The van der Waals surface area contributed by atoms with Crippen molar-refractivity contribution in [3.63, 3.8) is 0 Å². The van der Waals surface area contributed by atoms with Gasteiger partial charge in [0, 0.05) is 10.7 Å². The van der Waals surface area contributed by atoms with Gasteiger partial charge in [0.15, 0.2) is 6.61 Å². The fourth-order valence-electron chi connectivity index (χ4n) is 3.10. The van der Waals surface area contributed by atoms with E-state index < -0.39 is 34.5 Å². The van der Waals surface area contributed by atoms with Gasteiger partial charge in [0.2, 0.25) is 0 Å². The number of halogens is 1. The van der Waals surface area contributed by atoms with Crippen LogP contribution in [0.4, 0.5) is 11.4 Å². The van der Waals surface area contributed by atoms with E-state index in [1.807, 2.05) is 0 Å². The quantitative estimate of drug-likeness (QED) is 0.384. The van der Waals surface area contributed by atoms with Crippen LogP contribution in [0.5, 0.6) is 5.75 Å². The predicted molar refractivity (Wildman–Crippen MR) is 137 cm³/mol. The molecule has 0 unspecified atom stereocenters. The first-order valence-corrected chi connectivity index (χ1v) is 12.5. The highest BCUT2D eigenvalue weighted by atomic mass is 35.5. The van der Waals surface area contributed by atoms with Crippen LogP contribution in [-0.2, 0) is 24.3 Å². The molecule has 0 spiro atoms. The van der Waals surface area contributed by atoms with E-state index in [0.29, 0.717) is 10.7 Å². The molecule has 0 aliphatic rings. The van der Waals surface area contributed by atoms with Crippen molar-refractivity contribution >= 4 is 50.8 Å². The van der Waals surface area contributed by atoms with Crippen LogP contribution in [0.3, 0.4) is 0 Å². The van der Waals surface area contributed by atoms with Crippen LogP contribution >= 0.6 is 11.6 Å². The normalized spacial score (nSPS) is 10.8. The standard InChI is InChI=1S/C25H23ClN2O8S/c1-15-4-5-18(13-22(15)26)28-37(32,33)21-8-6-20(7-9-21)36-14-23(29)27-19-11-16(24(30)34-2)10-17(12-19)25(31)35-3/h4-13,28H,14H2,1-3H3,(H,27,29). The van der Waals surface area contributed by atoms with Gasteiger partial charge in [-0.2, -0.15) is 0 Å². The van der Waals surface area contributed by atoms with E-state index >= 15 is 0 Å². The average Bonchev–Trinajstić information content (AvgIpc) is 2.88. The lowest BCUT2D eigenvalue weighted by Crippen LogP contribution is -2.21. The summed E-state index contributed by atoms with van der Waals surface area (Å²) >= 11 is 6.05. The largest absolute Gasteiger partial charge is 0.484 e. The maximum absolute atomic E-state index is 12.6. The summed E-state index contributed by atoms with van der Waals surface area (Å²) in [6.45, 7) is 1.38. The second-order valence-electron chi connectivity index (χ2n) is 7.66. The van der Waals surface area contributed by atoms with Gasteiger partial charge in [0.1, 0.15) is 5.75 Å². The maximum Gasteiger partial charge on any atom is 0.337 e. The molecule has 0 saturated heterocycles. The van der Waals surface area contributed by atoms with Gasteiger partial charge in [0.05, 0.1) is 35.9 Å². The molecule has 37 heavy (non-hydrogen) atoms. The SMILES string of the molecule is COC(=O)c1cc(NC(=O)COc2ccc(S(=O)(=O)Nc3ccc(C)c(Cl)c3)cc2)cc(C(=O)OC)c1. The van der Waals surface area contributed by atoms with Crippen molar-refractivity contribution < 1.29 is 37.0 Å². The summed E-state index contributed by atoms with van der Waals surface area (Å²) in [5, 5.41) is 2.96. The van der Waals surface area contributed by atoms with E-state index in [2.05, 4.69) is 19.5 Å². The molecule has 0 fully saturated rings. The van der Waals surface area contributed by atoms with Crippen LogP contribution in [0.25, 0.3) is 0 Å². The zero-order valence-corrected chi connectivity index (χ0v) is 21.6. The summed E-state index contributed by atoms with van der Waals surface area (Å²) in [4.78, 5) is 36.1. The number of benzene rings is 3. The van der Waals surface area contributed by atoms with Gasteiger partial charge in [-0.3, -0.25) is 9.52 Å². The lowest BCUT2D eigenvalue weighted by molar-refractivity contribution is -0.118. The molecular formula is C25H23ClN2O8S. The highest BCUT2D eigenvalue weighted by molar-refractivity contribution is 7.92. The number of amides is 1. The van der Waals surface area contributed by atoms with E-state index in [-0.39, 0.29) is 27.5 Å². The number of rotatable bonds is 9. The average molecular weight is 547 g/mol. The van der Waals surface area contributed by atoms with Crippen LogP contribution in [0.1, 0.15) is 26.3 Å². The van der Waals surface area contributed by atoms with Gasteiger partial charge in [0.25, 0.3) is 15.9 Å². The summed E-state index contributed by atoms with van der Waals surface area (Å²) in [6, 6.07) is 14.2. The van der Waals surface area contributed by atoms with E-state index in [0.717, 1.165) is 5.56 Å². The monoisotopic (exact) mass is 546 g/mol. The van der Waals surface area contributed by atoms with Crippen LogP contribution in [-0.4, -0.2) is 47.1 Å². The first-order chi connectivity index (χ1) is 17.5. The van der Waals surface area contributed by atoms with Crippen LogP contribution < -0.4 is 14.8 Å². The minimum absolute atomic E-state index is 0.0176. The smallest absolute Gasteiger partial charge is 0.337 e. The highest BCUT2D eigenvalue weighted by Crippen LogP contribution is 2.24. The number of aryl methyl sites for hydroxylation is 1. The molecule has 3 rings (SSSR count). The summed E-state index contributed by atoms with van der Waals surface area (Å²) < 4.78 is 42.5. The minimum Gasteiger partial charge on any atom is -0.484 e. The van der Waals surface area contributed by atoms with E-state index in [9.17, 15) is 22.8 Å². The van der Waals surface area contributed by atoms with Crippen LogP contribution in [0, 0.1) is 6.92 Å². The van der Waals surface area contributed by atoms with Gasteiger partial charge >= 0.3 is 11.9 Å². The van der Waals surface area contributed by atoms with Crippen molar-refractivity contribution in [1.82, 2.24) is 0 Å². The molecule has 0 aromatic heterocycles. The molecule has 0 bridgehead atoms. The number of carbonyl (C=O) groups excluding carboxylic acids is 3. The van der Waals surface area contributed by atoms with Crippen LogP contribution in [0.2, 0.25) is 5.02 Å². The van der Waals surface area contributed by atoms with Gasteiger partial charge in [-0.1, -0.05) is 17.7 Å². The van der Waals surface area contributed by atoms with Crippen molar-refractivity contribution in [2.24, 2.45) is 0 Å². The van der Waals surface area contributed by atoms with E-state index in [1.54, 1.807) is 19.1 Å². The zero-order chi connectivity index (χ0) is 27.2. The fourth-order valence-corrected chi connectivity index (χ4v) is 4.33. The van der Waals surface area contributed by atoms with Crippen molar-refractivity contribution in [1.29, 1.82) is 0 Å². The second kappa shape index (κ2) is 11.8. The molecule has 1 amide bonds. The van der Waals surface area contributed by atoms with Crippen molar-refractivity contribution in [2.45, 2.75) is 11.8 Å². The third-order valence-electron chi connectivity index (χ3n) is 4.99. The number of hydrogen-bond acceptors (Lipinski definition) is 8. The fraction of sp³-hybridized carbons (Fsp3) is 0.160. The van der Waals surface area contributed by atoms with E-state index in [1.165, 1.54) is 62.8 Å². The molecule has 3 aromatic rings. The Labute approximate surface area is 218 Å². The van der Waals surface area contributed by atoms with Gasteiger partial charge in [-0.25, -0.2) is 18.0 Å². The number of anilines is 2. The van der Waals surface area contributed by atoms with Crippen LogP contribution in [0.15, 0.2) is 65.6 Å². The molecule has 194 valence electrons. The Morgan fingerprint density at radius 2 is 1.43 bits per heavy atom. The summed E-state index contributed by atoms with van der Waals surface area (Å²) in [7, 11) is -1.51. The third kappa shape index (κ3) is 7.21. The van der Waals surface area contributed by atoms with Gasteiger partial charge in [-0.15, -0.1) is 0 Å².